The lowest BCUT2D eigenvalue weighted by Crippen LogP contribution is -2.37. The Balaban J connectivity index is 1.70. The minimum Gasteiger partial charge on any atom is -0.457 e. The Bertz CT molecular complexity index is 708. The molecule has 120 valence electrons. The molecule has 1 aliphatic carbocycles. The van der Waals surface area contributed by atoms with Crippen LogP contribution in [0.15, 0.2) is 48.1 Å². The number of hydrogen-bond donors (Lipinski definition) is 2. The number of nitrogens with zero attached hydrogens (tertiary/aromatic N) is 1. The zero-order valence-electron chi connectivity index (χ0n) is 12.1. The molecule has 3 rings (SSSR count). The van der Waals surface area contributed by atoms with Crippen LogP contribution >= 0.6 is 0 Å². The fraction of sp³-hybridized carbons (Fsp3) is 0.312. The highest BCUT2D eigenvalue weighted by atomic mass is 16.6. The predicted octanol–water partition coefficient (Wildman–Crippen LogP) is 1.04. The first-order chi connectivity index (χ1) is 10.9. The van der Waals surface area contributed by atoms with Crippen LogP contribution in [-0.2, 0) is 16.0 Å². The number of aliphatic hydroxyl groups excluding tert-OH is 1. The van der Waals surface area contributed by atoms with Gasteiger partial charge in [0.15, 0.2) is 5.60 Å². The minimum absolute atomic E-state index is 0.0256. The van der Waals surface area contributed by atoms with Crippen LogP contribution in [0.5, 0.6) is 0 Å². The summed E-state index contributed by atoms with van der Waals surface area (Å²) in [4.78, 5) is 21.7. The molecule has 0 spiro atoms. The van der Waals surface area contributed by atoms with Gasteiger partial charge in [-0.1, -0.05) is 24.3 Å². The van der Waals surface area contributed by atoms with Gasteiger partial charge in [0.2, 0.25) is 0 Å². The van der Waals surface area contributed by atoms with E-state index in [0.717, 1.165) is 5.56 Å². The van der Waals surface area contributed by atoms with E-state index in [9.17, 15) is 25.1 Å². The summed E-state index contributed by atoms with van der Waals surface area (Å²) in [5, 5.41) is 30.8. The number of ether oxygens (including phenoxy) is 1. The second-order valence-corrected chi connectivity index (χ2v) is 5.69. The summed E-state index contributed by atoms with van der Waals surface area (Å²) in [6, 6.07) is 6.15. The molecule has 1 heterocycles. The van der Waals surface area contributed by atoms with E-state index in [1.807, 2.05) is 0 Å². The van der Waals surface area contributed by atoms with Crippen LogP contribution in [0.3, 0.4) is 0 Å². The number of esters is 1. The fourth-order valence-electron chi connectivity index (χ4n) is 2.77. The van der Waals surface area contributed by atoms with Crippen molar-refractivity contribution in [2.24, 2.45) is 0 Å². The van der Waals surface area contributed by atoms with Gasteiger partial charge in [-0.05, 0) is 23.6 Å². The first-order valence-corrected chi connectivity index (χ1v) is 7.13. The summed E-state index contributed by atoms with van der Waals surface area (Å²) in [5.41, 5.74) is -0.336. The highest BCUT2D eigenvalue weighted by molar-refractivity contribution is 5.85. The second-order valence-electron chi connectivity index (χ2n) is 5.69. The van der Waals surface area contributed by atoms with Crippen LogP contribution in [0.25, 0.3) is 0 Å². The van der Waals surface area contributed by atoms with E-state index in [1.54, 1.807) is 24.3 Å². The van der Waals surface area contributed by atoms with Gasteiger partial charge >= 0.3 is 5.97 Å². The molecule has 0 amide bonds. The molecule has 7 heteroatoms. The van der Waals surface area contributed by atoms with E-state index in [2.05, 4.69) is 0 Å². The molecule has 0 radical (unpaired) electrons. The first-order valence-electron chi connectivity index (χ1n) is 7.13. The molecular formula is C16H15NO6. The molecule has 2 N–H and O–H groups in total. The topological polar surface area (TPSA) is 110 Å². The van der Waals surface area contributed by atoms with Gasteiger partial charge in [0.05, 0.1) is 4.92 Å². The number of benzene rings is 1. The van der Waals surface area contributed by atoms with Crippen molar-refractivity contribution < 1.29 is 24.7 Å². The fourth-order valence-corrected chi connectivity index (χ4v) is 2.77. The quantitative estimate of drug-likeness (QED) is 0.488. The summed E-state index contributed by atoms with van der Waals surface area (Å²) in [5.74, 6) is -0.736. The number of fused-ring (bicyclic) bond motifs is 2. The number of aliphatic hydroxyl groups is 2. The molecule has 23 heavy (non-hydrogen) atoms. The van der Waals surface area contributed by atoms with Crippen molar-refractivity contribution in [1.29, 1.82) is 0 Å². The Morgan fingerprint density at radius 3 is 2.74 bits per heavy atom. The molecule has 1 fully saturated rings. The number of nitro groups is 1. The Hall–Kier alpha value is -2.51. The number of allylic oxidation sites excluding steroid dienone is 1. The minimum atomic E-state index is -1.66. The van der Waals surface area contributed by atoms with Gasteiger partial charge in [-0.3, -0.25) is 10.1 Å². The molecule has 0 aromatic heterocycles. The Labute approximate surface area is 131 Å². The lowest BCUT2D eigenvalue weighted by atomic mass is 9.85. The number of nitro benzene ring substituents is 1. The zero-order chi connectivity index (χ0) is 16.6. The number of carbonyl (C=O) groups is 1. The highest BCUT2D eigenvalue weighted by Gasteiger charge is 2.52. The van der Waals surface area contributed by atoms with E-state index in [4.69, 9.17) is 4.74 Å². The largest absolute Gasteiger partial charge is 0.457 e. The van der Waals surface area contributed by atoms with Crippen LogP contribution in [-0.4, -0.2) is 38.9 Å². The average Bonchev–Trinajstić information content (AvgIpc) is 2.77. The summed E-state index contributed by atoms with van der Waals surface area (Å²) < 4.78 is 4.94. The van der Waals surface area contributed by atoms with Crippen molar-refractivity contribution in [3.63, 3.8) is 0 Å². The zero-order valence-corrected chi connectivity index (χ0v) is 12.1. The molecule has 1 aromatic carbocycles. The predicted molar refractivity (Wildman–Crippen MR) is 79.5 cm³/mol. The molecule has 0 saturated carbocycles. The van der Waals surface area contributed by atoms with Crippen LogP contribution in [0.2, 0.25) is 0 Å². The van der Waals surface area contributed by atoms with Crippen molar-refractivity contribution in [3.8, 4) is 0 Å². The molecule has 7 nitrogen and oxygen atoms in total. The lowest BCUT2D eigenvalue weighted by molar-refractivity contribution is -0.384. The molecule has 1 saturated heterocycles. The summed E-state index contributed by atoms with van der Waals surface area (Å²) in [6.45, 7) is 0. The smallest absolute Gasteiger partial charge is 0.342 e. The number of non-ortho nitro benzene ring substituents is 1. The van der Waals surface area contributed by atoms with Gasteiger partial charge in [-0.15, -0.1) is 0 Å². The maximum absolute atomic E-state index is 11.5. The maximum atomic E-state index is 11.5. The van der Waals surface area contributed by atoms with E-state index >= 15 is 0 Å². The maximum Gasteiger partial charge on any atom is 0.342 e. The number of rotatable bonds is 4. The van der Waals surface area contributed by atoms with Crippen molar-refractivity contribution in [2.75, 3.05) is 0 Å². The summed E-state index contributed by atoms with van der Waals surface area (Å²) in [7, 11) is 0. The Morgan fingerprint density at radius 1 is 1.39 bits per heavy atom. The molecule has 1 aromatic rings. The van der Waals surface area contributed by atoms with Crippen LogP contribution < -0.4 is 0 Å². The Morgan fingerprint density at radius 2 is 2.09 bits per heavy atom. The SMILES string of the molecule is O=C1O[C@@H]2C[C@@]1(O)C=C(/C=C/Cc1ccc([N+](=O)[O-])cc1)[C@H]2O. The van der Waals surface area contributed by atoms with Crippen molar-refractivity contribution in [3.05, 3.63) is 63.7 Å². The summed E-state index contributed by atoms with van der Waals surface area (Å²) >= 11 is 0. The van der Waals surface area contributed by atoms with E-state index in [0.29, 0.717) is 12.0 Å². The monoisotopic (exact) mass is 317 g/mol. The van der Waals surface area contributed by atoms with E-state index < -0.39 is 28.7 Å². The van der Waals surface area contributed by atoms with Gasteiger partial charge in [0, 0.05) is 18.6 Å². The lowest BCUT2D eigenvalue weighted by Gasteiger charge is -2.24. The van der Waals surface area contributed by atoms with Crippen LogP contribution in [0.4, 0.5) is 5.69 Å². The van der Waals surface area contributed by atoms with Crippen molar-refractivity contribution in [1.82, 2.24) is 0 Å². The van der Waals surface area contributed by atoms with Gasteiger partial charge in [-0.2, -0.15) is 0 Å². The standard InChI is InChI=1S/C16H15NO6/c18-14-11(8-16(20)9-13(14)23-15(16)19)3-1-2-10-4-6-12(7-5-10)17(21)22/h1,3-8,13-14,18,20H,2,9H2/b3-1+/t13-,14-,16+/m1/s1. The van der Waals surface area contributed by atoms with Crippen molar-refractivity contribution in [2.45, 2.75) is 30.7 Å². The van der Waals surface area contributed by atoms with Crippen molar-refractivity contribution >= 4 is 11.7 Å². The molecule has 2 bridgehead atoms. The average molecular weight is 317 g/mol. The second kappa shape index (κ2) is 5.60. The van der Waals surface area contributed by atoms with Gasteiger partial charge in [-0.25, -0.2) is 4.79 Å². The molecular weight excluding hydrogens is 302 g/mol. The Kier molecular flexibility index (Phi) is 3.75. The molecule has 2 aliphatic rings. The van der Waals surface area contributed by atoms with Gasteiger partial charge in [0.25, 0.3) is 5.69 Å². The third-order valence-corrected chi connectivity index (χ3v) is 4.03. The molecule has 3 atom stereocenters. The van der Waals surface area contributed by atoms with Gasteiger partial charge in [0.1, 0.15) is 12.2 Å². The van der Waals surface area contributed by atoms with Gasteiger partial charge < -0.3 is 14.9 Å². The van der Waals surface area contributed by atoms with E-state index in [-0.39, 0.29) is 12.1 Å². The third kappa shape index (κ3) is 2.88. The van der Waals surface area contributed by atoms with Crippen LogP contribution in [0.1, 0.15) is 12.0 Å². The molecule has 0 unspecified atom stereocenters. The summed E-state index contributed by atoms with van der Waals surface area (Å²) in [6.07, 6.45) is 3.59. The van der Waals surface area contributed by atoms with E-state index in [1.165, 1.54) is 18.2 Å². The number of hydrogen-bond acceptors (Lipinski definition) is 6. The number of carbonyl (C=O) groups excluding carboxylic acids is 1. The first kappa shape index (κ1) is 15.4. The third-order valence-electron chi connectivity index (χ3n) is 4.03. The molecule has 1 aliphatic heterocycles. The normalized spacial score (nSPS) is 29.5. The highest BCUT2D eigenvalue weighted by Crippen LogP contribution is 2.37. The van der Waals surface area contributed by atoms with Crippen LogP contribution in [0, 0.1) is 10.1 Å².